The highest BCUT2D eigenvalue weighted by Crippen LogP contribution is 2.27. The number of rotatable bonds is 7. The van der Waals surface area contributed by atoms with E-state index in [9.17, 15) is 13.2 Å². The third-order valence-electron chi connectivity index (χ3n) is 4.71. The number of amides is 1. The molecule has 0 bridgehead atoms. The van der Waals surface area contributed by atoms with Crippen molar-refractivity contribution in [2.45, 2.75) is 43.7 Å². The normalized spacial score (nSPS) is 18.7. The van der Waals surface area contributed by atoms with Crippen LogP contribution in [0, 0.1) is 0 Å². The Bertz CT molecular complexity index is 911. The number of carbonyl (C=O) groups is 1. The number of hydrogen-bond acceptors (Lipinski definition) is 6. The summed E-state index contributed by atoms with van der Waals surface area (Å²) in [4.78, 5) is 12.5. The van der Waals surface area contributed by atoms with Gasteiger partial charge in [-0.1, -0.05) is 11.6 Å². The molecule has 2 heterocycles. The Labute approximate surface area is 158 Å². The largest absolute Gasteiger partial charge is 0.383 e. The third-order valence-corrected chi connectivity index (χ3v) is 6.61. The number of piperidine rings is 1. The molecule has 1 aliphatic heterocycles. The van der Waals surface area contributed by atoms with Gasteiger partial charge in [0.1, 0.15) is 11.6 Å². The lowest BCUT2D eigenvalue weighted by molar-refractivity contribution is -0.125. The first-order valence-electron chi connectivity index (χ1n) is 9.10. The summed E-state index contributed by atoms with van der Waals surface area (Å²) in [6, 6.07) is 4.10. The lowest BCUT2D eigenvalue weighted by atomic mass is 10.0. The minimum atomic E-state index is -3.80. The smallest absolute Gasteiger partial charge is 0.243 e. The van der Waals surface area contributed by atoms with Gasteiger partial charge in [-0.25, -0.2) is 13.1 Å². The first-order valence-corrected chi connectivity index (χ1v) is 10.5. The summed E-state index contributed by atoms with van der Waals surface area (Å²) in [6.45, 7) is 3.65. The van der Waals surface area contributed by atoms with Gasteiger partial charge in [-0.2, -0.15) is 4.31 Å². The van der Waals surface area contributed by atoms with Crippen LogP contribution in [0.2, 0.25) is 0 Å². The Balaban J connectivity index is 1.92. The molecule has 1 atom stereocenters. The Morgan fingerprint density at radius 1 is 1.37 bits per heavy atom. The zero-order valence-corrected chi connectivity index (χ0v) is 16.4. The molecule has 1 aromatic carbocycles. The van der Waals surface area contributed by atoms with Gasteiger partial charge in [0.2, 0.25) is 15.9 Å². The van der Waals surface area contributed by atoms with Crippen LogP contribution in [0.15, 0.2) is 23.1 Å². The number of ether oxygens (including phenoxy) is 1. The molecule has 148 valence electrons. The Kier molecular flexibility index (Phi) is 6.08. The molecule has 0 saturated carbocycles. The fraction of sp³-hybridized carbons (Fsp3) is 0.588. The maximum absolute atomic E-state index is 13.2. The first kappa shape index (κ1) is 19.7. The number of hydrogen-bond donors (Lipinski definition) is 1. The second-order valence-corrected chi connectivity index (χ2v) is 8.37. The predicted octanol–water partition coefficient (Wildman–Crippen LogP) is 0.757. The van der Waals surface area contributed by atoms with E-state index in [4.69, 9.17) is 4.74 Å². The van der Waals surface area contributed by atoms with Crippen LogP contribution in [0.25, 0.3) is 11.0 Å². The molecule has 0 unspecified atom stereocenters. The molecule has 1 N–H and O–H groups in total. The molecule has 0 aliphatic carbocycles. The molecule has 1 saturated heterocycles. The van der Waals surface area contributed by atoms with Gasteiger partial charge in [0, 0.05) is 20.2 Å². The van der Waals surface area contributed by atoms with E-state index in [2.05, 4.69) is 15.6 Å². The molecular weight excluding hydrogens is 370 g/mol. The van der Waals surface area contributed by atoms with Crippen LogP contribution in [-0.4, -0.2) is 66.5 Å². The van der Waals surface area contributed by atoms with Crippen molar-refractivity contribution in [3.05, 3.63) is 18.2 Å². The maximum atomic E-state index is 13.2. The van der Waals surface area contributed by atoms with Gasteiger partial charge in [-0.05, 0) is 38.0 Å². The van der Waals surface area contributed by atoms with E-state index < -0.39 is 16.1 Å². The number of fused-ring (bicyclic) bond motifs is 1. The highest BCUT2D eigenvalue weighted by molar-refractivity contribution is 7.89. The number of likely N-dealkylation sites (N-methyl/N-ethyl adjacent to an activating group) is 1. The van der Waals surface area contributed by atoms with Gasteiger partial charge in [0.05, 0.1) is 23.6 Å². The monoisotopic (exact) mass is 395 g/mol. The van der Waals surface area contributed by atoms with Crippen LogP contribution in [0.4, 0.5) is 0 Å². The highest BCUT2D eigenvalue weighted by atomic mass is 32.2. The fourth-order valence-electron chi connectivity index (χ4n) is 3.34. The summed E-state index contributed by atoms with van der Waals surface area (Å²) in [6.07, 6.45) is 2.10. The molecule has 9 nitrogen and oxygen atoms in total. The zero-order chi connectivity index (χ0) is 19.4. The lowest BCUT2D eigenvalue weighted by Crippen LogP contribution is -2.51. The number of carbonyl (C=O) groups excluding carboxylic acids is 1. The van der Waals surface area contributed by atoms with Gasteiger partial charge in [0.15, 0.2) is 0 Å². The average molecular weight is 395 g/mol. The van der Waals surface area contributed by atoms with Gasteiger partial charge < -0.3 is 10.1 Å². The molecule has 3 rings (SSSR count). The van der Waals surface area contributed by atoms with Crippen molar-refractivity contribution in [1.82, 2.24) is 24.6 Å². The van der Waals surface area contributed by atoms with Crippen molar-refractivity contribution < 1.29 is 17.9 Å². The van der Waals surface area contributed by atoms with E-state index in [1.807, 2.05) is 6.92 Å². The van der Waals surface area contributed by atoms with Crippen LogP contribution in [0.5, 0.6) is 0 Å². The van der Waals surface area contributed by atoms with Crippen molar-refractivity contribution in [2.75, 3.05) is 26.8 Å². The van der Waals surface area contributed by atoms with Gasteiger partial charge in [0.25, 0.3) is 0 Å². The zero-order valence-electron chi connectivity index (χ0n) is 15.6. The Morgan fingerprint density at radius 3 is 2.93 bits per heavy atom. The van der Waals surface area contributed by atoms with E-state index >= 15 is 0 Å². The molecule has 27 heavy (non-hydrogen) atoms. The van der Waals surface area contributed by atoms with Crippen molar-refractivity contribution in [3.63, 3.8) is 0 Å². The van der Waals surface area contributed by atoms with E-state index in [-0.39, 0.29) is 10.8 Å². The topological polar surface area (TPSA) is 106 Å². The van der Waals surface area contributed by atoms with E-state index in [0.29, 0.717) is 38.2 Å². The summed E-state index contributed by atoms with van der Waals surface area (Å²) in [7, 11) is -2.20. The summed E-state index contributed by atoms with van der Waals surface area (Å²) in [5.74, 6) is -0.243. The summed E-state index contributed by atoms with van der Waals surface area (Å²) >= 11 is 0. The summed E-state index contributed by atoms with van der Waals surface area (Å²) in [5, 5.41) is 10.9. The van der Waals surface area contributed by atoms with Crippen LogP contribution in [0.1, 0.15) is 26.2 Å². The van der Waals surface area contributed by atoms with Crippen molar-refractivity contribution in [3.8, 4) is 0 Å². The number of sulfonamides is 1. The molecule has 1 aromatic heterocycles. The summed E-state index contributed by atoms with van der Waals surface area (Å²) in [5.41, 5.74) is 1.24. The summed E-state index contributed by atoms with van der Waals surface area (Å²) < 4.78 is 34.4. The van der Waals surface area contributed by atoms with Gasteiger partial charge in [-0.3, -0.25) is 4.79 Å². The minimum absolute atomic E-state index is 0.130. The molecule has 1 aliphatic rings. The quantitative estimate of drug-likeness (QED) is 0.742. The molecule has 0 radical (unpaired) electrons. The van der Waals surface area contributed by atoms with Crippen molar-refractivity contribution >= 4 is 27.0 Å². The molecule has 1 fully saturated rings. The molecule has 0 spiro atoms. The number of aromatic nitrogens is 3. The predicted molar refractivity (Wildman–Crippen MR) is 99.6 cm³/mol. The first-order chi connectivity index (χ1) is 13.0. The number of benzene rings is 1. The van der Waals surface area contributed by atoms with Crippen molar-refractivity contribution in [2.24, 2.45) is 0 Å². The van der Waals surface area contributed by atoms with E-state index in [0.717, 1.165) is 18.4 Å². The molecular formula is C17H25N5O4S. The average Bonchev–Trinajstić information content (AvgIpc) is 3.08. The SMILES string of the molecule is CCNC(=O)[C@@H]1CCCCN1S(=O)(=O)c1ccc2c(c1)nnn2CCOC. The van der Waals surface area contributed by atoms with Crippen LogP contribution in [0.3, 0.4) is 0 Å². The van der Waals surface area contributed by atoms with Crippen LogP contribution in [-0.2, 0) is 26.1 Å². The Hall–Kier alpha value is -2.04. The van der Waals surface area contributed by atoms with Gasteiger partial charge >= 0.3 is 0 Å². The number of nitrogens with one attached hydrogen (secondary N) is 1. The highest BCUT2D eigenvalue weighted by Gasteiger charge is 2.37. The Morgan fingerprint density at radius 2 is 2.19 bits per heavy atom. The second-order valence-electron chi connectivity index (χ2n) is 6.48. The van der Waals surface area contributed by atoms with Crippen LogP contribution >= 0.6 is 0 Å². The van der Waals surface area contributed by atoms with Gasteiger partial charge in [-0.15, -0.1) is 5.10 Å². The maximum Gasteiger partial charge on any atom is 0.243 e. The molecule has 10 heteroatoms. The fourth-order valence-corrected chi connectivity index (χ4v) is 5.01. The number of methoxy groups -OCH3 is 1. The van der Waals surface area contributed by atoms with Crippen LogP contribution < -0.4 is 5.32 Å². The van der Waals surface area contributed by atoms with E-state index in [1.165, 1.54) is 10.4 Å². The third kappa shape index (κ3) is 3.97. The van der Waals surface area contributed by atoms with E-state index in [1.54, 1.807) is 23.9 Å². The standard InChI is InChI=1S/C17H25N5O4S/c1-3-18-17(23)16-6-4-5-9-22(16)27(24,25)13-7-8-15-14(12-13)19-20-21(15)10-11-26-2/h7-8,12,16H,3-6,9-11H2,1-2H3,(H,18,23)/t16-/m0/s1. The molecule has 2 aromatic rings. The lowest BCUT2D eigenvalue weighted by Gasteiger charge is -2.33. The molecule has 1 amide bonds. The van der Waals surface area contributed by atoms with Crippen molar-refractivity contribution in [1.29, 1.82) is 0 Å². The second kappa shape index (κ2) is 8.32. The number of nitrogens with zero attached hydrogens (tertiary/aromatic N) is 4. The minimum Gasteiger partial charge on any atom is -0.383 e.